The second-order valence-electron chi connectivity index (χ2n) is 10.4. The number of fused-ring (bicyclic) bond motifs is 1. The van der Waals surface area contributed by atoms with Crippen molar-refractivity contribution in [2.24, 2.45) is 5.92 Å². The second-order valence-corrected chi connectivity index (χ2v) is 10.7. The molecule has 0 saturated heterocycles. The highest BCUT2D eigenvalue weighted by molar-refractivity contribution is 6.34. The average molecular weight is 551 g/mol. The van der Waals surface area contributed by atoms with Gasteiger partial charge in [-0.05, 0) is 44.9 Å². The van der Waals surface area contributed by atoms with E-state index in [2.05, 4.69) is 23.0 Å². The molecule has 1 saturated carbocycles. The quantitative estimate of drug-likeness (QED) is 0.245. The van der Waals surface area contributed by atoms with Gasteiger partial charge < -0.3 is 23.9 Å². The van der Waals surface area contributed by atoms with Gasteiger partial charge in [0, 0.05) is 17.0 Å². The number of methoxy groups -OCH3 is 1. The summed E-state index contributed by atoms with van der Waals surface area (Å²) >= 11 is 6.89. The van der Waals surface area contributed by atoms with Gasteiger partial charge in [0.2, 0.25) is 5.88 Å². The van der Waals surface area contributed by atoms with Crippen molar-refractivity contribution in [2.45, 2.75) is 52.2 Å². The molecule has 0 aliphatic heterocycles. The summed E-state index contributed by atoms with van der Waals surface area (Å²) < 4.78 is 19.8. The van der Waals surface area contributed by atoms with Gasteiger partial charge in [-0.2, -0.15) is 4.98 Å². The molecule has 10 heteroatoms. The molecule has 1 unspecified atom stereocenters. The monoisotopic (exact) mass is 550 g/mol. The topological polar surface area (TPSA) is 109 Å². The van der Waals surface area contributed by atoms with E-state index in [-0.39, 0.29) is 24.5 Å². The maximum atomic E-state index is 11.1. The molecule has 1 aliphatic carbocycles. The minimum absolute atomic E-state index is 0.00575. The number of halogens is 1. The summed E-state index contributed by atoms with van der Waals surface area (Å²) in [6.07, 6.45) is 3.41. The summed E-state index contributed by atoms with van der Waals surface area (Å²) in [5.41, 5.74) is 3.61. The van der Waals surface area contributed by atoms with Crippen LogP contribution in [0, 0.1) is 12.8 Å². The molecule has 0 radical (unpaired) electrons. The minimum Gasteiger partial charge on any atom is -0.496 e. The molecule has 1 N–H and O–H groups in total. The normalized spacial score (nSPS) is 14.7. The second kappa shape index (κ2) is 10.7. The van der Waals surface area contributed by atoms with Crippen LogP contribution in [0.4, 0.5) is 0 Å². The molecule has 39 heavy (non-hydrogen) atoms. The average Bonchev–Trinajstić information content (AvgIpc) is 3.51. The molecule has 2 aromatic heterocycles. The van der Waals surface area contributed by atoms with Gasteiger partial charge in [-0.15, -0.1) is 0 Å². The zero-order chi connectivity index (χ0) is 27.7. The molecular weight excluding hydrogens is 520 g/mol. The third-order valence-electron chi connectivity index (χ3n) is 6.81. The molecule has 2 aromatic carbocycles. The van der Waals surface area contributed by atoms with E-state index < -0.39 is 5.97 Å². The Hall–Kier alpha value is -3.85. The number of ether oxygens (including phenoxy) is 3. The van der Waals surface area contributed by atoms with Gasteiger partial charge in [-0.3, -0.25) is 4.79 Å². The van der Waals surface area contributed by atoms with Crippen LogP contribution in [-0.4, -0.2) is 49.9 Å². The van der Waals surface area contributed by atoms with E-state index >= 15 is 0 Å². The Balaban J connectivity index is 1.61. The summed E-state index contributed by atoms with van der Waals surface area (Å²) in [5, 5.41) is 9.45. The van der Waals surface area contributed by atoms with Crippen molar-refractivity contribution in [3.63, 3.8) is 0 Å². The molecule has 0 bridgehead atoms. The van der Waals surface area contributed by atoms with Crippen molar-refractivity contribution in [1.29, 1.82) is 0 Å². The Morgan fingerprint density at radius 1 is 1.21 bits per heavy atom. The van der Waals surface area contributed by atoms with Crippen molar-refractivity contribution in [3.8, 4) is 28.8 Å². The molecular formula is C29H31ClN4O5. The van der Waals surface area contributed by atoms with Crippen molar-refractivity contribution in [2.75, 3.05) is 13.7 Å². The van der Waals surface area contributed by atoms with Gasteiger partial charge in [-0.1, -0.05) is 42.3 Å². The molecule has 1 fully saturated rings. The summed E-state index contributed by atoms with van der Waals surface area (Å²) in [6.45, 7) is 6.54. The van der Waals surface area contributed by atoms with E-state index in [0.29, 0.717) is 45.7 Å². The first-order chi connectivity index (χ1) is 18.7. The van der Waals surface area contributed by atoms with Crippen molar-refractivity contribution in [1.82, 2.24) is 19.5 Å². The van der Waals surface area contributed by atoms with E-state index in [1.54, 1.807) is 13.2 Å². The first-order valence-electron chi connectivity index (χ1n) is 12.8. The number of hydrogen-bond donors (Lipinski definition) is 1. The Morgan fingerprint density at radius 3 is 2.72 bits per heavy atom. The molecule has 9 nitrogen and oxygen atoms in total. The van der Waals surface area contributed by atoms with Crippen LogP contribution >= 0.6 is 11.6 Å². The van der Waals surface area contributed by atoms with Crippen molar-refractivity contribution in [3.05, 3.63) is 58.9 Å². The highest BCUT2D eigenvalue weighted by Crippen LogP contribution is 2.42. The third kappa shape index (κ3) is 5.78. The van der Waals surface area contributed by atoms with E-state index in [1.807, 2.05) is 42.7 Å². The highest BCUT2D eigenvalue weighted by Gasteiger charge is 2.41. The Morgan fingerprint density at radius 2 is 2.00 bits per heavy atom. The first-order valence-corrected chi connectivity index (χ1v) is 13.2. The highest BCUT2D eigenvalue weighted by atomic mass is 35.5. The number of imidazole rings is 1. The van der Waals surface area contributed by atoms with E-state index in [0.717, 1.165) is 29.7 Å². The van der Waals surface area contributed by atoms with Crippen LogP contribution in [0.25, 0.3) is 22.6 Å². The minimum atomic E-state index is -0.870. The molecule has 1 atom stereocenters. The lowest BCUT2D eigenvalue weighted by molar-refractivity contribution is -0.138. The molecule has 4 aromatic rings. The number of aromatic nitrogens is 4. The van der Waals surface area contributed by atoms with Crippen LogP contribution in [0.2, 0.25) is 5.02 Å². The number of carboxylic acids is 1. The fraction of sp³-hybridized carbons (Fsp3) is 0.379. The van der Waals surface area contributed by atoms with E-state index in [4.69, 9.17) is 35.9 Å². The number of benzene rings is 2. The van der Waals surface area contributed by atoms with Gasteiger partial charge in [-0.25, -0.2) is 9.97 Å². The van der Waals surface area contributed by atoms with Gasteiger partial charge in [0.05, 0.1) is 31.7 Å². The molecule has 0 spiro atoms. The van der Waals surface area contributed by atoms with Crippen LogP contribution in [0.1, 0.15) is 44.2 Å². The predicted octanol–water partition coefficient (Wildman–Crippen LogP) is 5.93. The summed E-state index contributed by atoms with van der Waals surface area (Å²) in [7, 11) is 1.65. The smallest absolute Gasteiger partial charge is 0.303 e. The van der Waals surface area contributed by atoms with Crippen molar-refractivity contribution < 1.29 is 24.1 Å². The standard InChI is InChI=1S/C29H31ClN4O5/c1-17-8-9-21(37-4)19(12-17)14-34-26(33-25-27(34)31-16-32-28(25)39-29(3)10-11-29)20-6-5-7-22(24(20)30)38-15-18(2)13-23(35)36/h5-9,12,16,18H,10-11,13-15H2,1-4H3,(H,35,36). The fourth-order valence-electron chi connectivity index (χ4n) is 4.44. The summed E-state index contributed by atoms with van der Waals surface area (Å²) in [4.78, 5) is 25.0. The van der Waals surface area contributed by atoms with Crippen molar-refractivity contribution >= 4 is 28.7 Å². The zero-order valence-corrected chi connectivity index (χ0v) is 23.2. The SMILES string of the molecule is COc1ccc(C)cc1Cn1c(-c2cccc(OCC(C)CC(=O)O)c2Cl)nc2c(OC3(C)CC3)ncnc21. The fourth-order valence-corrected chi connectivity index (χ4v) is 4.71. The molecule has 1 aliphatic rings. The molecule has 5 rings (SSSR count). The van der Waals surface area contributed by atoms with E-state index in [1.165, 1.54) is 6.33 Å². The van der Waals surface area contributed by atoms with Crippen LogP contribution < -0.4 is 14.2 Å². The van der Waals surface area contributed by atoms with Crippen LogP contribution in [0.5, 0.6) is 17.4 Å². The summed E-state index contributed by atoms with van der Waals surface area (Å²) in [5.74, 6) is 1.16. The number of carbonyl (C=O) groups is 1. The maximum absolute atomic E-state index is 11.1. The van der Waals surface area contributed by atoms with Gasteiger partial charge in [0.25, 0.3) is 0 Å². The molecule has 0 amide bonds. The third-order valence-corrected chi connectivity index (χ3v) is 7.20. The van der Waals surface area contributed by atoms with Gasteiger partial charge >= 0.3 is 5.97 Å². The Kier molecular flexibility index (Phi) is 7.36. The lowest BCUT2D eigenvalue weighted by Crippen LogP contribution is -2.13. The maximum Gasteiger partial charge on any atom is 0.303 e. The van der Waals surface area contributed by atoms with E-state index in [9.17, 15) is 4.79 Å². The Bertz CT molecular complexity index is 1530. The largest absolute Gasteiger partial charge is 0.496 e. The van der Waals surface area contributed by atoms with Crippen LogP contribution in [0.3, 0.4) is 0 Å². The predicted molar refractivity (Wildman–Crippen MR) is 148 cm³/mol. The van der Waals surface area contributed by atoms with Gasteiger partial charge in [0.1, 0.15) is 29.3 Å². The first kappa shape index (κ1) is 26.7. The number of carboxylic acid groups (broad SMARTS) is 1. The van der Waals surface area contributed by atoms with Crippen LogP contribution in [0.15, 0.2) is 42.7 Å². The van der Waals surface area contributed by atoms with Crippen LogP contribution in [-0.2, 0) is 11.3 Å². The lowest BCUT2D eigenvalue weighted by Gasteiger charge is -2.16. The number of nitrogens with zero attached hydrogens (tertiary/aromatic N) is 4. The lowest BCUT2D eigenvalue weighted by atomic mass is 10.1. The number of aryl methyl sites for hydroxylation is 1. The molecule has 204 valence electrons. The summed E-state index contributed by atoms with van der Waals surface area (Å²) in [6, 6.07) is 11.5. The zero-order valence-electron chi connectivity index (χ0n) is 22.4. The number of aliphatic carboxylic acids is 1. The molecule has 2 heterocycles. The van der Waals surface area contributed by atoms with Gasteiger partial charge in [0.15, 0.2) is 11.2 Å². The number of hydrogen-bond acceptors (Lipinski definition) is 7. The number of rotatable bonds is 11. The Labute approximate surface area is 231 Å².